The van der Waals surface area contributed by atoms with E-state index >= 15 is 0 Å². The third kappa shape index (κ3) is 2.59. The third-order valence-electron chi connectivity index (χ3n) is 4.35. The molecule has 4 nitrogen and oxygen atoms in total. The monoisotopic (exact) mass is 292 g/mol. The number of hydrogen-bond donors (Lipinski definition) is 1. The van der Waals surface area contributed by atoms with Gasteiger partial charge in [0.15, 0.2) is 0 Å². The first-order valence-electron chi connectivity index (χ1n) is 7.32. The Morgan fingerprint density at radius 2 is 2.10 bits per heavy atom. The quantitative estimate of drug-likeness (QED) is 0.926. The Bertz CT molecular complexity index is 492. The maximum absolute atomic E-state index is 12.8. The highest BCUT2D eigenvalue weighted by atomic mass is 32.1. The number of rotatable bonds is 3. The molecule has 2 fully saturated rings. The fourth-order valence-corrected chi connectivity index (χ4v) is 3.95. The number of hydrogen-bond acceptors (Lipinski definition) is 3. The van der Waals surface area contributed by atoms with Gasteiger partial charge in [-0.3, -0.25) is 9.59 Å². The van der Waals surface area contributed by atoms with Gasteiger partial charge in [0.05, 0.1) is 0 Å². The maximum Gasteiger partial charge on any atom is 0.248 e. The molecule has 20 heavy (non-hydrogen) atoms. The van der Waals surface area contributed by atoms with Crippen LogP contribution in [0.4, 0.5) is 0 Å². The Balaban J connectivity index is 1.72. The average Bonchev–Trinajstić information content (AvgIpc) is 3.07. The molecule has 3 rings (SSSR count). The summed E-state index contributed by atoms with van der Waals surface area (Å²) in [6.07, 6.45) is 4.97. The van der Waals surface area contributed by atoms with Crippen LogP contribution in [0.3, 0.4) is 0 Å². The van der Waals surface area contributed by atoms with Gasteiger partial charge in [-0.1, -0.05) is 18.9 Å². The number of carbonyl (C=O) groups is 2. The zero-order valence-electron chi connectivity index (χ0n) is 11.6. The van der Waals surface area contributed by atoms with Crippen molar-refractivity contribution in [1.29, 1.82) is 0 Å². The van der Waals surface area contributed by atoms with Gasteiger partial charge in [-0.05, 0) is 30.7 Å². The van der Waals surface area contributed by atoms with Crippen molar-refractivity contribution in [3.63, 3.8) is 0 Å². The number of nitrogens with one attached hydrogen (secondary N) is 1. The van der Waals surface area contributed by atoms with Crippen LogP contribution in [0.5, 0.6) is 0 Å². The largest absolute Gasteiger partial charge is 0.342 e. The van der Waals surface area contributed by atoms with E-state index in [4.69, 9.17) is 0 Å². The molecule has 1 saturated heterocycles. The number of thiophene rings is 1. The Morgan fingerprint density at radius 1 is 1.30 bits per heavy atom. The van der Waals surface area contributed by atoms with Crippen LogP contribution in [0.2, 0.25) is 0 Å². The number of carbonyl (C=O) groups excluding carboxylic acids is 2. The SMILES string of the molecule is O=C1CCN(CCc2cccs2)C(=O)C2(CCCC2)N1. The molecule has 2 amide bonds. The first kappa shape index (κ1) is 13.6. The van der Waals surface area contributed by atoms with Crippen LogP contribution in [0.15, 0.2) is 17.5 Å². The van der Waals surface area contributed by atoms with Crippen LogP contribution in [-0.2, 0) is 16.0 Å². The van der Waals surface area contributed by atoms with Crippen molar-refractivity contribution < 1.29 is 9.59 Å². The van der Waals surface area contributed by atoms with Gasteiger partial charge < -0.3 is 10.2 Å². The molecule has 1 N–H and O–H groups in total. The van der Waals surface area contributed by atoms with Crippen LogP contribution in [-0.4, -0.2) is 35.3 Å². The van der Waals surface area contributed by atoms with Gasteiger partial charge in [0, 0.05) is 24.4 Å². The molecule has 1 aliphatic heterocycles. The van der Waals surface area contributed by atoms with Gasteiger partial charge in [-0.2, -0.15) is 0 Å². The molecule has 2 aliphatic rings. The Morgan fingerprint density at radius 3 is 2.80 bits per heavy atom. The summed E-state index contributed by atoms with van der Waals surface area (Å²) >= 11 is 1.72. The second-order valence-electron chi connectivity index (χ2n) is 5.71. The smallest absolute Gasteiger partial charge is 0.248 e. The Labute approximate surface area is 123 Å². The van der Waals surface area contributed by atoms with Crippen molar-refractivity contribution in [3.8, 4) is 0 Å². The van der Waals surface area contributed by atoms with E-state index in [0.29, 0.717) is 13.0 Å². The zero-order valence-corrected chi connectivity index (χ0v) is 12.4. The van der Waals surface area contributed by atoms with Crippen molar-refractivity contribution >= 4 is 23.2 Å². The fourth-order valence-electron chi connectivity index (χ4n) is 3.25. The average molecular weight is 292 g/mol. The summed E-state index contributed by atoms with van der Waals surface area (Å²) < 4.78 is 0. The standard InChI is InChI=1S/C15H20N2O2S/c18-13-6-10-17(9-5-12-4-3-11-20-12)14(19)15(16-13)7-1-2-8-15/h3-4,11H,1-2,5-10H2,(H,16,18). The van der Waals surface area contributed by atoms with E-state index in [1.54, 1.807) is 11.3 Å². The molecular weight excluding hydrogens is 272 g/mol. The molecule has 5 heteroatoms. The van der Waals surface area contributed by atoms with Gasteiger partial charge in [-0.25, -0.2) is 0 Å². The van der Waals surface area contributed by atoms with Crippen LogP contribution < -0.4 is 5.32 Å². The summed E-state index contributed by atoms with van der Waals surface area (Å²) in [6.45, 7) is 1.27. The normalized spacial score (nSPS) is 22.1. The highest BCUT2D eigenvalue weighted by molar-refractivity contribution is 7.09. The minimum atomic E-state index is -0.594. The molecule has 1 aromatic heterocycles. The fraction of sp³-hybridized carbons (Fsp3) is 0.600. The van der Waals surface area contributed by atoms with Crippen LogP contribution >= 0.6 is 11.3 Å². The lowest BCUT2D eigenvalue weighted by Gasteiger charge is -2.31. The molecule has 1 aromatic rings. The predicted octanol–water partition coefficient (Wildman–Crippen LogP) is 1.95. The summed E-state index contributed by atoms with van der Waals surface area (Å²) in [6, 6.07) is 4.13. The molecular formula is C15H20N2O2S. The van der Waals surface area contributed by atoms with Crippen molar-refractivity contribution in [2.24, 2.45) is 0 Å². The van der Waals surface area contributed by atoms with Crippen molar-refractivity contribution in [2.75, 3.05) is 13.1 Å². The molecule has 0 unspecified atom stereocenters. The highest BCUT2D eigenvalue weighted by Gasteiger charge is 2.46. The number of amides is 2. The molecule has 0 aromatic carbocycles. The topological polar surface area (TPSA) is 49.4 Å². The molecule has 1 spiro atoms. The van der Waals surface area contributed by atoms with Gasteiger partial charge >= 0.3 is 0 Å². The Hall–Kier alpha value is -1.36. The van der Waals surface area contributed by atoms with Gasteiger partial charge in [0.1, 0.15) is 5.54 Å². The van der Waals surface area contributed by atoms with Crippen molar-refractivity contribution in [1.82, 2.24) is 10.2 Å². The summed E-state index contributed by atoms with van der Waals surface area (Å²) in [5, 5.41) is 5.06. The van der Waals surface area contributed by atoms with Crippen LogP contribution in [0, 0.1) is 0 Å². The maximum atomic E-state index is 12.8. The van der Waals surface area contributed by atoms with Crippen LogP contribution in [0.1, 0.15) is 37.0 Å². The van der Waals surface area contributed by atoms with E-state index in [2.05, 4.69) is 16.8 Å². The minimum absolute atomic E-state index is 0.0267. The molecule has 108 valence electrons. The van der Waals surface area contributed by atoms with Crippen LogP contribution in [0.25, 0.3) is 0 Å². The van der Waals surface area contributed by atoms with E-state index in [1.807, 2.05) is 11.0 Å². The molecule has 1 aliphatic carbocycles. The van der Waals surface area contributed by atoms with Gasteiger partial charge in [0.2, 0.25) is 11.8 Å². The second-order valence-corrected chi connectivity index (χ2v) is 6.74. The minimum Gasteiger partial charge on any atom is -0.342 e. The van der Waals surface area contributed by atoms with E-state index < -0.39 is 5.54 Å². The van der Waals surface area contributed by atoms with Gasteiger partial charge in [-0.15, -0.1) is 11.3 Å². The Kier molecular flexibility index (Phi) is 3.78. The van der Waals surface area contributed by atoms with E-state index in [9.17, 15) is 9.59 Å². The van der Waals surface area contributed by atoms with Crippen molar-refractivity contribution in [2.45, 2.75) is 44.1 Å². The first-order valence-corrected chi connectivity index (χ1v) is 8.20. The first-order chi connectivity index (χ1) is 9.70. The van der Waals surface area contributed by atoms with Crippen molar-refractivity contribution in [3.05, 3.63) is 22.4 Å². The summed E-state index contributed by atoms with van der Waals surface area (Å²) in [7, 11) is 0. The lowest BCUT2D eigenvalue weighted by Crippen LogP contribution is -2.55. The third-order valence-corrected chi connectivity index (χ3v) is 5.29. The summed E-state index contributed by atoms with van der Waals surface area (Å²) in [4.78, 5) is 27.9. The predicted molar refractivity (Wildman–Crippen MR) is 78.6 cm³/mol. The van der Waals surface area contributed by atoms with E-state index in [-0.39, 0.29) is 11.8 Å². The zero-order chi connectivity index (χ0) is 14.0. The second kappa shape index (κ2) is 5.56. The molecule has 0 atom stereocenters. The van der Waals surface area contributed by atoms with E-state index in [1.165, 1.54) is 4.88 Å². The number of nitrogens with zero attached hydrogens (tertiary/aromatic N) is 1. The molecule has 0 bridgehead atoms. The summed E-state index contributed by atoms with van der Waals surface area (Å²) in [5.41, 5.74) is -0.594. The molecule has 1 saturated carbocycles. The summed E-state index contributed by atoms with van der Waals surface area (Å²) in [5.74, 6) is 0.163. The van der Waals surface area contributed by atoms with E-state index in [0.717, 1.165) is 38.6 Å². The highest BCUT2D eigenvalue weighted by Crippen LogP contribution is 2.33. The lowest BCUT2D eigenvalue weighted by molar-refractivity contribution is -0.138. The molecule has 0 radical (unpaired) electrons. The van der Waals surface area contributed by atoms with Gasteiger partial charge in [0.25, 0.3) is 0 Å². The molecule has 2 heterocycles. The lowest BCUT2D eigenvalue weighted by atomic mass is 9.96.